The van der Waals surface area contributed by atoms with E-state index in [1.54, 1.807) is 24.5 Å². The highest BCUT2D eigenvalue weighted by Gasteiger charge is 2.30. The van der Waals surface area contributed by atoms with Crippen LogP contribution in [0.5, 0.6) is 0 Å². The molecular formula is C14H15N3O3S. The molecule has 3 heterocycles. The van der Waals surface area contributed by atoms with Gasteiger partial charge in [0.2, 0.25) is 0 Å². The van der Waals surface area contributed by atoms with Crippen molar-refractivity contribution in [3.63, 3.8) is 0 Å². The lowest BCUT2D eigenvalue weighted by molar-refractivity contribution is -0.144. The molecule has 7 heteroatoms. The number of hydrogen-bond acceptors (Lipinski definition) is 5. The topological polar surface area (TPSA) is 73.2 Å². The Kier molecular flexibility index (Phi) is 3.74. The molecule has 0 spiro atoms. The Morgan fingerprint density at radius 1 is 1.62 bits per heavy atom. The van der Waals surface area contributed by atoms with E-state index < -0.39 is 0 Å². The predicted molar refractivity (Wildman–Crippen MR) is 78.2 cm³/mol. The van der Waals surface area contributed by atoms with Crippen molar-refractivity contribution in [2.24, 2.45) is 0 Å². The number of ether oxygens (including phenoxy) is 1. The van der Waals surface area contributed by atoms with Gasteiger partial charge in [0.25, 0.3) is 5.91 Å². The molecule has 2 aromatic rings. The summed E-state index contributed by atoms with van der Waals surface area (Å²) in [4.78, 5) is 28.0. The first-order valence-corrected chi connectivity index (χ1v) is 7.68. The summed E-state index contributed by atoms with van der Waals surface area (Å²) in [5, 5.41) is 6.72. The highest BCUT2D eigenvalue weighted by Crippen LogP contribution is 2.29. The van der Waals surface area contributed by atoms with Crippen molar-refractivity contribution >= 4 is 23.2 Å². The van der Waals surface area contributed by atoms with Gasteiger partial charge in [-0.1, -0.05) is 0 Å². The lowest BCUT2D eigenvalue weighted by Gasteiger charge is -2.26. The third kappa shape index (κ3) is 2.56. The minimum Gasteiger partial charge on any atom is -0.466 e. The van der Waals surface area contributed by atoms with Crippen molar-refractivity contribution < 1.29 is 14.3 Å². The molecule has 1 atom stereocenters. The van der Waals surface area contributed by atoms with Crippen LogP contribution in [-0.2, 0) is 9.53 Å². The van der Waals surface area contributed by atoms with E-state index in [4.69, 9.17) is 4.74 Å². The number of rotatable bonds is 4. The summed E-state index contributed by atoms with van der Waals surface area (Å²) in [5.74, 6) is 0.286. The molecule has 110 valence electrons. The molecule has 0 saturated carbocycles. The third-order valence-electron chi connectivity index (χ3n) is 3.38. The number of hydrogen-bond donors (Lipinski definition) is 1. The molecular weight excluding hydrogens is 290 g/mol. The van der Waals surface area contributed by atoms with Crippen LogP contribution in [0, 0.1) is 0 Å². The number of carbonyl (C=O) groups excluding carboxylic acids is 2. The van der Waals surface area contributed by atoms with Gasteiger partial charge in [-0.3, -0.25) is 9.59 Å². The number of nitrogens with one attached hydrogen (secondary N) is 1. The molecule has 3 rings (SSSR count). The molecule has 1 aliphatic rings. The number of amides is 1. The number of aromatic nitrogens is 2. The van der Waals surface area contributed by atoms with E-state index in [1.165, 1.54) is 0 Å². The van der Waals surface area contributed by atoms with Crippen molar-refractivity contribution in [3.05, 3.63) is 28.7 Å². The van der Waals surface area contributed by atoms with Crippen LogP contribution in [0.3, 0.4) is 0 Å². The molecule has 0 fully saturated rings. The van der Waals surface area contributed by atoms with Gasteiger partial charge >= 0.3 is 5.97 Å². The van der Waals surface area contributed by atoms with E-state index in [0.29, 0.717) is 18.8 Å². The second-order valence-corrected chi connectivity index (χ2v) is 5.50. The average Bonchev–Trinajstić information content (AvgIpc) is 3.10. The van der Waals surface area contributed by atoms with Gasteiger partial charge in [-0.05, 0) is 18.4 Å². The first-order valence-electron chi connectivity index (χ1n) is 6.74. The van der Waals surface area contributed by atoms with Gasteiger partial charge in [-0.2, -0.15) is 11.3 Å². The fourth-order valence-corrected chi connectivity index (χ4v) is 3.11. The van der Waals surface area contributed by atoms with Crippen LogP contribution in [0.2, 0.25) is 0 Å². The Hall–Kier alpha value is -2.15. The van der Waals surface area contributed by atoms with Gasteiger partial charge in [0.1, 0.15) is 11.5 Å². The highest BCUT2D eigenvalue weighted by atomic mass is 32.1. The van der Waals surface area contributed by atoms with E-state index >= 15 is 0 Å². The molecule has 21 heavy (non-hydrogen) atoms. The number of carbonyl (C=O) groups is 2. The van der Waals surface area contributed by atoms with E-state index in [1.807, 2.05) is 21.4 Å². The van der Waals surface area contributed by atoms with Crippen LogP contribution in [-0.4, -0.2) is 34.6 Å². The minimum atomic E-state index is -0.269. The molecule has 0 aliphatic carbocycles. The summed E-state index contributed by atoms with van der Waals surface area (Å²) in [6.07, 6.45) is 1.77. The fraction of sp³-hybridized carbons (Fsp3) is 0.357. The number of fused-ring (bicyclic) bond motifs is 1. The number of nitrogens with zero attached hydrogens (tertiary/aromatic N) is 2. The number of esters is 1. The Bertz CT molecular complexity index is 663. The van der Waals surface area contributed by atoms with Gasteiger partial charge in [-0.25, -0.2) is 4.98 Å². The molecule has 2 aromatic heterocycles. The molecule has 1 N–H and O–H groups in total. The van der Waals surface area contributed by atoms with Crippen molar-refractivity contribution in [2.75, 3.05) is 13.2 Å². The molecule has 1 aliphatic heterocycles. The van der Waals surface area contributed by atoms with Crippen molar-refractivity contribution in [2.45, 2.75) is 19.4 Å². The van der Waals surface area contributed by atoms with E-state index in [0.717, 1.165) is 11.4 Å². The van der Waals surface area contributed by atoms with E-state index in [-0.39, 0.29) is 24.3 Å². The first kappa shape index (κ1) is 13.8. The van der Waals surface area contributed by atoms with Crippen molar-refractivity contribution in [3.8, 4) is 11.4 Å². The standard InChI is InChI=1S/C14H15N3O3S/c1-2-20-12(18)5-10-6-16-14(19)11-7-15-13(17(10)11)9-3-4-21-8-9/h3-4,7-8,10H,2,5-6H2,1H3,(H,16,19). The second-order valence-electron chi connectivity index (χ2n) is 4.72. The monoisotopic (exact) mass is 305 g/mol. The van der Waals surface area contributed by atoms with Crippen LogP contribution in [0.1, 0.15) is 29.9 Å². The van der Waals surface area contributed by atoms with Gasteiger partial charge in [0, 0.05) is 17.5 Å². The van der Waals surface area contributed by atoms with Gasteiger partial charge in [-0.15, -0.1) is 0 Å². The van der Waals surface area contributed by atoms with Gasteiger partial charge < -0.3 is 14.6 Å². The normalized spacial score (nSPS) is 17.2. The molecule has 1 amide bonds. The molecule has 0 bridgehead atoms. The summed E-state index contributed by atoms with van der Waals surface area (Å²) < 4.78 is 6.86. The zero-order valence-electron chi connectivity index (χ0n) is 11.5. The maximum Gasteiger partial charge on any atom is 0.307 e. The smallest absolute Gasteiger partial charge is 0.307 e. The molecule has 0 aromatic carbocycles. The summed E-state index contributed by atoms with van der Waals surface area (Å²) in [6, 6.07) is 1.78. The zero-order valence-corrected chi connectivity index (χ0v) is 12.4. The molecule has 0 saturated heterocycles. The number of thiophene rings is 1. The molecule has 0 radical (unpaired) electrons. The second kappa shape index (κ2) is 5.69. The SMILES string of the molecule is CCOC(=O)CC1CNC(=O)c2cnc(-c3ccsc3)n21. The summed E-state index contributed by atoms with van der Waals surface area (Å²) in [7, 11) is 0. The van der Waals surface area contributed by atoms with Crippen LogP contribution < -0.4 is 5.32 Å². The van der Waals surface area contributed by atoms with Crippen LogP contribution >= 0.6 is 11.3 Å². The summed E-state index contributed by atoms with van der Waals surface area (Å²) in [6.45, 7) is 2.53. The summed E-state index contributed by atoms with van der Waals surface area (Å²) >= 11 is 1.57. The lowest BCUT2D eigenvalue weighted by atomic mass is 10.1. The Labute approximate surface area is 125 Å². The largest absolute Gasteiger partial charge is 0.466 e. The maximum atomic E-state index is 11.9. The Balaban J connectivity index is 1.97. The zero-order chi connectivity index (χ0) is 14.8. The molecule has 1 unspecified atom stereocenters. The van der Waals surface area contributed by atoms with Gasteiger partial charge in [0.05, 0.1) is 25.3 Å². The lowest BCUT2D eigenvalue weighted by Crippen LogP contribution is -2.40. The predicted octanol–water partition coefficient (Wildman–Crippen LogP) is 1.85. The average molecular weight is 305 g/mol. The van der Waals surface area contributed by atoms with Crippen LogP contribution in [0.4, 0.5) is 0 Å². The van der Waals surface area contributed by atoms with Gasteiger partial charge in [0.15, 0.2) is 0 Å². The quantitative estimate of drug-likeness (QED) is 0.875. The first-order chi connectivity index (χ1) is 10.2. The Morgan fingerprint density at radius 3 is 3.19 bits per heavy atom. The fourth-order valence-electron chi connectivity index (χ4n) is 2.47. The van der Waals surface area contributed by atoms with Crippen LogP contribution in [0.15, 0.2) is 23.0 Å². The van der Waals surface area contributed by atoms with Crippen LogP contribution in [0.25, 0.3) is 11.4 Å². The van der Waals surface area contributed by atoms with Crippen molar-refractivity contribution in [1.29, 1.82) is 0 Å². The molecule has 6 nitrogen and oxygen atoms in total. The summed E-state index contributed by atoms with van der Waals surface area (Å²) in [5.41, 5.74) is 1.44. The highest BCUT2D eigenvalue weighted by molar-refractivity contribution is 7.08. The number of imidazole rings is 1. The maximum absolute atomic E-state index is 11.9. The minimum absolute atomic E-state index is 0.163. The van der Waals surface area contributed by atoms with E-state index in [9.17, 15) is 9.59 Å². The van der Waals surface area contributed by atoms with E-state index in [2.05, 4.69) is 10.3 Å². The third-order valence-corrected chi connectivity index (χ3v) is 4.06. The Morgan fingerprint density at radius 2 is 2.48 bits per heavy atom. The van der Waals surface area contributed by atoms with Crippen molar-refractivity contribution in [1.82, 2.24) is 14.9 Å².